The third-order valence-corrected chi connectivity index (χ3v) is 4.37. The number of rotatable bonds is 6. The number of fused-ring (bicyclic) bond motifs is 1. The summed E-state index contributed by atoms with van der Waals surface area (Å²) >= 11 is 0. The van der Waals surface area contributed by atoms with E-state index in [0.717, 1.165) is 10.8 Å². The minimum absolute atomic E-state index is 0.00288. The van der Waals surface area contributed by atoms with Crippen molar-refractivity contribution >= 4 is 39.7 Å². The number of carbonyl (C=O) groups excluding carboxylic acids is 1. The van der Waals surface area contributed by atoms with Gasteiger partial charge in [-0.15, -0.1) is 0 Å². The first kappa shape index (κ1) is 18.8. The number of benzene rings is 3. The highest BCUT2D eigenvalue weighted by atomic mass is 16.6. The molecule has 30 heavy (non-hydrogen) atoms. The van der Waals surface area contributed by atoms with Crippen LogP contribution in [0.4, 0.5) is 23.0 Å². The third-order valence-electron chi connectivity index (χ3n) is 4.37. The van der Waals surface area contributed by atoms with Crippen LogP contribution in [0.25, 0.3) is 10.8 Å². The van der Waals surface area contributed by atoms with Crippen molar-refractivity contribution in [3.63, 3.8) is 0 Å². The molecule has 0 fully saturated rings. The third kappa shape index (κ3) is 3.85. The molecule has 0 saturated carbocycles. The first-order valence-electron chi connectivity index (χ1n) is 8.99. The minimum atomic E-state index is -0.613. The van der Waals surface area contributed by atoms with Gasteiger partial charge in [-0.2, -0.15) is 0 Å². The van der Waals surface area contributed by atoms with Gasteiger partial charge in [0.1, 0.15) is 6.33 Å². The standard InChI is InChI=1S/C21H16N6O3/c28-21(17-12-6-8-14-7-4-5-11-16(14)17)26-25-20-18(27(29)30)19(22-13-23-20)24-15-9-2-1-3-10-15/h1-13H,(H,26,28)(H2,22,23,24,25). The van der Waals surface area contributed by atoms with Gasteiger partial charge in [0.25, 0.3) is 5.91 Å². The molecule has 9 heteroatoms. The minimum Gasteiger partial charge on any atom is -0.334 e. The fraction of sp³-hybridized carbons (Fsp3) is 0. The van der Waals surface area contributed by atoms with E-state index in [4.69, 9.17) is 0 Å². The summed E-state index contributed by atoms with van der Waals surface area (Å²) in [7, 11) is 0. The Labute approximate surface area is 170 Å². The maximum absolute atomic E-state index is 12.7. The highest BCUT2D eigenvalue weighted by molar-refractivity contribution is 6.07. The monoisotopic (exact) mass is 400 g/mol. The molecule has 3 aromatic carbocycles. The molecule has 0 aliphatic carbocycles. The maximum atomic E-state index is 12.7. The van der Waals surface area contributed by atoms with Gasteiger partial charge in [-0.25, -0.2) is 9.97 Å². The molecule has 0 bridgehead atoms. The summed E-state index contributed by atoms with van der Waals surface area (Å²) in [6, 6.07) is 21.7. The van der Waals surface area contributed by atoms with Crippen molar-refractivity contribution in [1.82, 2.24) is 15.4 Å². The lowest BCUT2D eigenvalue weighted by Gasteiger charge is -2.12. The first-order chi connectivity index (χ1) is 14.6. The van der Waals surface area contributed by atoms with E-state index in [9.17, 15) is 14.9 Å². The number of hydrogen-bond donors (Lipinski definition) is 3. The molecular weight excluding hydrogens is 384 g/mol. The number of hydrazine groups is 1. The molecule has 0 radical (unpaired) electrons. The van der Waals surface area contributed by atoms with E-state index in [-0.39, 0.29) is 17.3 Å². The van der Waals surface area contributed by atoms with E-state index in [0.29, 0.717) is 11.3 Å². The SMILES string of the molecule is O=C(NNc1ncnc(Nc2ccccc2)c1[N+](=O)[O-])c1cccc2ccccc12. The highest BCUT2D eigenvalue weighted by Gasteiger charge is 2.24. The van der Waals surface area contributed by atoms with E-state index in [1.807, 2.05) is 36.4 Å². The van der Waals surface area contributed by atoms with Gasteiger partial charge in [0, 0.05) is 11.3 Å². The molecule has 0 unspecified atom stereocenters. The molecule has 148 valence electrons. The van der Waals surface area contributed by atoms with E-state index in [2.05, 4.69) is 26.1 Å². The van der Waals surface area contributed by atoms with Crippen molar-refractivity contribution < 1.29 is 9.72 Å². The molecule has 0 aliphatic heterocycles. The van der Waals surface area contributed by atoms with Crippen molar-refractivity contribution in [3.8, 4) is 0 Å². The Morgan fingerprint density at radius 3 is 2.37 bits per heavy atom. The fourth-order valence-corrected chi connectivity index (χ4v) is 3.00. The van der Waals surface area contributed by atoms with Gasteiger partial charge < -0.3 is 5.32 Å². The Hall–Kier alpha value is -4.53. The summed E-state index contributed by atoms with van der Waals surface area (Å²) in [6.45, 7) is 0. The molecule has 4 aromatic rings. The molecule has 0 spiro atoms. The molecule has 3 N–H and O–H groups in total. The number of anilines is 3. The second-order valence-electron chi connectivity index (χ2n) is 6.27. The Kier molecular flexibility index (Phi) is 5.16. The Morgan fingerprint density at radius 1 is 0.867 bits per heavy atom. The normalized spacial score (nSPS) is 10.4. The van der Waals surface area contributed by atoms with Gasteiger partial charge in [0.2, 0.25) is 11.6 Å². The van der Waals surface area contributed by atoms with Crippen LogP contribution < -0.4 is 16.2 Å². The molecule has 0 atom stereocenters. The number of aromatic nitrogens is 2. The second-order valence-corrected chi connectivity index (χ2v) is 6.27. The number of nitrogens with one attached hydrogen (secondary N) is 3. The van der Waals surface area contributed by atoms with Gasteiger partial charge >= 0.3 is 5.69 Å². The van der Waals surface area contributed by atoms with Crippen molar-refractivity contribution in [2.45, 2.75) is 0 Å². The van der Waals surface area contributed by atoms with E-state index >= 15 is 0 Å². The number of para-hydroxylation sites is 1. The maximum Gasteiger partial charge on any atom is 0.355 e. The van der Waals surface area contributed by atoms with Crippen LogP contribution in [0.5, 0.6) is 0 Å². The van der Waals surface area contributed by atoms with Crippen molar-refractivity contribution in [1.29, 1.82) is 0 Å². The molecule has 4 rings (SSSR count). The summed E-state index contributed by atoms with van der Waals surface area (Å²) in [6.07, 6.45) is 1.17. The Balaban J connectivity index is 1.59. The lowest BCUT2D eigenvalue weighted by atomic mass is 10.0. The van der Waals surface area contributed by atoms with Gasteiger partial charge in [-0.05, 0) is 29.0 Å². The number of amides is 1. The van der Waals surface area contributed by atoms with Crippen LogP contribution in [0.3, 0.4) is 0 Å². The average molecular weight is 400 g/mol. The molecule has 1 heterocycles. The largest absolute Gasteiger partial charge is 0.355 e. The zero-order valence-corrected chi connectivity index (χ0v) is 15.6. The van der Waals surface area contributed by atoms with Crippen LogP contribution >= 0.6 is 0 Å². The second kappa shape index (κ2) is 8.23. The molecule has 1 amide bonds. The molecule has 0 aliphatic rings. The number of hydrogen-bond acceptors (Lipinski definition) is 7. The molecular formula is C21H16N6O3. The lowest BCUT2D eigenvalue weighted by molar-refractivity contribution is -0.383. The topological polar surface area (TPSA) is 122 Å². The molecule has 9 nitrogen and oxygen atoms in total. The van der Waals surface area contributed by atoms with Crippen LogP contribution in [0.1, 0.15) is 10.4 Å². The Bertz CT molecular complexity index is 1220. The molecule has 1 aromatic heterocycles. The van der Waals surface area contributed by atoms with E-state index in [1.54, 1.807) is 36.4 Å². The zero-order chi connectivity index (χ0) is 20.9. The predicted octanol–water partition coefficient (Wildman–Crippen LogP) is 4.04. The van der Waals surface area contributed by atoms with Crippen LogP contribution in [-0.4, -0.2) is 20.8 Å². The fourth-order valence-electron chi connectivity index (χ4n) is 3.00. The van der Waals surface area contributed by atoms with E-state index in [1.165, 1.54) is 6.33 Å². The van der Waals surface area contributed by atoms with Gasteiger partial charge in [-0.3, -0.25) is 25.8 Å². The summed E-state index contributed by atoms with van der Waals surface area (Å²) in [5, 5.41) is 16.2. The van der Waals surface area contributed by atoms with Crippen LogP contribution in [0, 0.1) is 10.1 Å². The van der Waals surface area contributed by atoms with E-state index < -0.39 is 10.8 Å². The molecule has 0 saturated heterocycles. The van der Waals surface area contributed by atoms with Crippen molar-refractivity contribution in [2.24, 2.45) is 0 Å². The number of nitrogens with zero attached hydrogens (tertiary/aromatic N) is 3. The van der Waals surface area contributed by atoms with Crippen molar-refractivity contribution in [3.05, 3.63) is 94.8 Å². The van der Waals surface area contributed by atoms with Gasteiger partial charge in [0.05, 0.1) is 4.92 Å². The summed E-state index contributed by atoms with van der Waals surface area (Å²) in [5.41, 5.74) is 5.70. The van der Waals surface area contributed by atoms with Crippen LogP contribution in [0.15, 0.2) is 79.1 Å². The number of nitro groups is 1. The zero-order valence-electron chi connectivity index (χ0n) is 15.6. The predicted molar refractivity (Wildman–Crippen MR) is 113 cm³/mol. The summed E-state index contributed by atoms with van der Waals surface area (Å²) < 4.78 is 0. The highest BCUT2D eigenvalue weighted by Crippen LogP contribution is 2.30. The Morgan fingerprint density at radius 2 is 1.57 bits per heavy atom. The number of carbonyl (C=O) groups is 1. The average Bonchev–Trinajstić information content (AvgIpc) is 2.77. The lowest BCUT2D eigenvalue weighted by Crippen LogP contribution is -2.30. The first-order valence-corrected chi connectivity index (χ1v) is 8.99. The van der Waals surface area contributed by atoms with Crippen LogP contribution in [-0.2, 0) is 0 Å². The summed E-state index contributed by atoms with van der Waals surface area (Å²) in [4.78, 5) is 31.6. The van der Waals surface area contributed by atoms with Crippen molar-refractivity contribution in [2.75, 3.05) is 10.7 Å². The quantitative estimate of drug-likeness (QED) is 0.330. The van der Waals surface area contributed by atoms with Crippen LogP contribution in [0.2, 0.25) is 0 Å². The smallest absolute Gasteiger partial charge is 0.334 e. The van der Waals surface area contributed by atoms with Gasteiger partial charge in [0.15, 0.2) is 0 Å². The summed E-state index contributed by atoms with van der Waals surface area (Å²) in [5.74, 6) is -0.581. The van der Waals surface area contributed by atoms with Gasteiger partial charge in [-0.1, -0.05) is 54.6 Å².